The summed E-state index contributed by atoms with van der Waals surface area (Å²) >= 11 is 5.76. The number of hydrogen-bond acceptors (Lipinski definition) is 2. The third kappa shape index (κ3) is 3.00. The van der Waals surface area contributed by atoms with Gasteiger partial charge in [-0.1, -0.05) is 11.6 Å². The fourth-order valence-corrected chi connectivity index (χ4v) is 2.19. The van der Waals surface area contributed by atoms with E-state index in [2.05, 4.69) is 5.32 Å². The Morgan fingerprint density at radius 2 is 2.39 bits per heavy atom. The molecule has 1 aromatic carbocycles. The Labute approximate surface area is 110 Å². The first-order valence-corrected chi connectivity index (χ1v) is 6.29. The molecular weight excluding hydrogens is 257 g/mol. The van der Waals surface area contributed by atoms with Crippen LogP contribution >= 0.6 is 11.6 Å². The predicted molar refractivity (Wildman–Crippen MR) is 67.3 cm³/mol. The molecular formula is C13H15ClFNO2. The van der Waals surface area contributed by atoms with Gasteiger partial charge in [0, 0.05) is 23.6 Å². The third-order valence-corrected chi connectivity index (χ3v) is 3.44. The van der Waals surface area contributed by atoms with Crippen LogP contribution in [0.2, 0.25) is 5.02 Å². The van der Waals surface area contributed by atoms with Crippen LogP contribution < -0.4 is 5.32 Å². The van der Waals surface area contributed by atoms with Crippen molar-refractivity contribution in [2.24, 2.45) is 5.92 Å². The summed E-state index contributed by atoms with van der Waals surface area (Å²) in [7, 11) is 0. The molecule has 3 nitrogen and oxygen atoms in total. The number of benzene rings is 1. The molecule has 0 radical (unpaired) electrons. The molecule has 1 N–H and O–H groups in total. The van der Waals surface area contributed by atoms with Crippen molar-refractivity contribution in [2.75, 3.05) is 13.2 Å². The highest BCUT2D eigenvalue weighted by molar-refractivity contribution is 6.31. The quantitative estimate of drug-likeness (QED) is 0.918. The molecule has 1 aliphatic rings. The number of carbonyl (C=O) groups excluding carboxylic acids is 1. The summed E-state index contributed by atoms with van der Waals surface area (Å²) in [6.07, 6.45) is 0.916. The van der Waals surface area contributed by atoms with Crippen LogP contribution in [-0.2, 0) is 4.74 Å². The van der Waals surface area contributed by atoms with Crippen molar-refractivity contribution in [2.45, 2.75) is 19.4 Å². The van der Waals surface area contributed by atoms with Crippen LogP contribution in [-0.4, -0.2) is 25.2 Å². The van der Waals surface area contributed by atoms with Crippen LogP contribution in [0.1, 0.15) is 23.7 Å². The second kappa shape index (κ2) is 5.67. The lowest BCUT2D eigenvalue weighted by atomic mass is 10.0. The maximum absolute atomic E-state index is 13.5. The number of carbonyl (C=O) groups is 1. The topological polar surface area (TPSA) is 38.3 Å². The SMILES string of the molecule is CC(NC(=O)c1cc(Cl)ccc1F)C1CCOC1. The minimum atomic E-state index is -0.563. The zero-order valence-electron chi connectivity index (χ0n) is 10.1. The Bertz CT molecular complexity index is 447. The van der Waals surface area contributed by atoms with Gasteiger partial charge in [0.2, 0.25) is 0 Å². The van der Waals surface area contributed by atoms with Crippen LogP contribution in [0.15, 0.2) is 18.2 Å². The first-order chi connectivity index (χ1) is 8.58. The lowest BCUT2D eigenvalue weighted by Crippen LogP contribution is -2.38. The fourth-order valence-electron chi connectivity index (χ4n) is 2.02. The van der Waals surface area contributed by atoms with Crippen LogP contribution in [0.4, 0.5) is 4.39 Å². The highest BCUT2D eigenvalue weighted by Gasteiger charge is 2.24. The van der Waals surface area contributed by atoms with Crippen molar-refractivity contribution in [1.82, 2.24) is 5.32 Å². The molecule has 0 bridgehead atoms. The number of ether oxygens (including phenoxy) is 1. The summed E-state index contributed by atoms with van der Waals surface area (Å²) in [5, 5.41) is 3.13. The van der Waals surface area contributed by atoms with E-state index in [1.54, 1.807) is 0 Å². The smallest absolute Gasteiger partial charge is 0.254 e. The zero-order chi connectivity index (χ0) is 13.1. The molecule has 1 aliphatic heterocycles. The molecule has 5 heteroatoms. The number of amides is 1. The largest absolute Gasteiger partial charge is 0.381 e. The fraction of sp³-hybridized carbons (Fsp3) is 0.462. The molecule has 0 spiro atoms. The Balaban J connectivity index is 2.04. The lowest BCUT2D eigenvalue weighted by Gasteiger charge is -2.19. The van der Waals surface area contributed by atoms with Gasteiger partial charge in [-0.2, -0.15) is 0 Å². The van der Waals surface area contributed by atoms with E-state index in [4.69, 9.17) is 16.3 Å². The summed E-state index contributed by atoms with van der Waals surface area (Å²) in [6, 6.07) is 3.91. The van der Waals surface area contributed by atoms with E-state index in [0.717, 1.165) is 13.0 Å². The minimum absolute atomic E-state index is 0.0201. The van der Waals surface area contributed by atoms with Gasteiger partial charge in [-0.25, -0.2) is 4.39 Å². The van der Waals surface area contributed by atoms with Gasteiger partial charge in [-0.3, -0.25) is 4.79 Å². The molecule has 1 saturated heterocycles. The van der Waals surface area contributed by atoms with Crippen LogP contribution in [0.25, 0.3) is 0 Å². The van der Waals surface area contributed by atoms with Crippen molar-refractivity contribution in [3.8, 4) is 0 Å². The third-order valence-electron chi connectivity index (χ3n) is 3.20. The van der Waals surface area contributed by atoms with Gasteiger partial charge >= 0.3 is 0 Å². The van der Waals surface area contributed by atoms with Crippen LogP contribution in [0.5, 0.6) is 0 Å². The average Bonchev–Trinajstić information content (AvgIpc) is 2.85. The maximum Gasteiger partial charge on any atom is 0.254 e. The molecule has 0 aromatic heterocycles. The van der Waals surface area contributed by atoms with Gasteiger partial charge in [0.05, 0.1) is 12.2 Å². The van der Waals surface area contributed by atoms with E-state index < -0.39 is 11.7 Å². The maximum atomic E-state index is 13.5. The van der Waals surface area contributed by atoms with E-state index in [1.165, 1.54) is 18.2 Å². The average molecular weight is 272 g/mol. The summed E-state index contributed by atoms with van der Waals surface area (Å²) in [4.78, 5) is 11.9. The molecule has 98 valence electrons. The van der Waals surface area contributed by atoms with E-state index in [1.807, 2.05) is 6.92 Å². The van der Waals surface area contributed by atoms with Gasteiger partial charge in [0.15, 0.2) is 0 Å². The second-order valence-electron chi connectivity index (χ2n) is 4.51. The molecule has 2 rings (SSSR count). The standard InChI is InChI=1S/C13H15ClFNO2/c1-8(9-4-5-18-7-9)16-13(17)11-6-10(14)2-3-12(11)15/h2-3,6,8-9H,4-5,7H2,1H3,(H,16,17). The molecule has 2 atom stereocenters. The Kier molecular flexibility index (Phi) is 4.19. The van der Waals surface area contributed by atoms with Crippen molar-refractivity contribution >= 4 is 17.5 Å². The Hall–Kier alpha value is -1.13. The first-order valence-electron chi connectivity index (χ1n) is 5.91. The van der Waals surface area contributed by atoms with E-state index in [9.17, 15) is 9.18 Å². The Morgan fingerprint density at radius 1 is 1.61 bits per heavy atom. The number of rotatable bonds is 3. The highest BCUT2D eigenvalue weighted by Crippen LogP contribution is 2.18. The molecule has 1 aromatic rings. The molecule has 0 saturated carbocycles. The van der Waals surface area contributed by atoms with Gasteiger partial charge in [0.25, 0.3) is 5.91 Å². The molecule has 0 aliphatic carbocycles. The minimum Gasteiger partial charge on any atom is -0.381 e. The first kappa shape index (κ1) is 13.3. The van der Waals surface area contributed by atoms with Gasteiger partial charge < -0.3 is 10.1 Å². The molecule has 1 amide bonds. The summed E-state index contributed by atoms with van der Waals surface area (Å²) in [6.45, 7) is 3.26. The Morgan fingerprint density at radius 3 is 3.06 bits per heavy atom. The van der Waals surface area contributed by atoms with E-state index in [0.29, 0.717) is 11.6 Å². The zero-order valence-corrected chi connectivity index (χ0v) is 10.8. The number of halogens is 2. The van der Waals surface area contributed by atoms with Crippen molar-refractivity contribution in [1.29, 1.82) is 0 Å². The molecule has 18 heavy (non-hydrogen) atoms. The summed E-state index contributed by atoms with van der Waals surface area (Å²) in [5.74, 6) is -0.711. The molecule has 1 fully saturated rings. The number of nitrogens with one attached hydrogen (secondary N) is 1. The highest BCUT2D eigenvalue weighted by atomic mass is 35.5. The van der Waals surface area contributed by atoms with Crippen molar-refractivity contribution < 1.29 is 13.9 Å². The van der Waals surface area contributed by atoms with Crippen molar-refractivity contribution in [3.63, 3.8) is 0 Å². The monoisotopic (exact) mass is 271 g/mol. The predicted octanol–water partition coefficient (Wildman–Crippen LogP) is 2.63. The van der Waals surface area contributed by atoms with Crippen molar-refractivity contribution in [3.05, 3.63) is 34.6 Å². The molecule has 1 heterocycles. The van der Waals surface area contributed by atoms with Gasteiger partial charge in [-0.15, -0.1) is 0 Å². The lowest BCUT2D eigenvalue weighted by molar-refractivity contribution is 0.0918. The molecule has 2 unspecified atom stereocenters. The van der Waals surface area contributed by atoms with E-state index in [-0.39, 0.29) is 17.5 Å². The van der Waals surface area contributed by atoms with Gasteiger partial charge in [-0.05, 0) is 31.5 Å². The van der Waals surface area contributed by atoms with E-state index >= 15 is 0 Å². The normalized spacial score (nSPS) is 20.7. The summed E-state index contributed by atoms with van der Waals surface area (Å²) < 4.78 is 18.8. The second-order valence-corrected chi connectivity index (χ2v) is 4.95. The van der Waals surface area contributed by atoms with Crippen LogP contribution in [0, 0.1) is 11.7 Å². The summed E-state index contributed by atoms with van der Waals surface area (Å²) in [5.41, 5.74) is -0.0201. The number of hydrogen-bond donors (Lipinski definition) is 1. The van der Waals surface area contributed by atoms with Gasteiger partial charge in [0.1, 0.15) is 5.82 Å². The van der Waals surface area contributed by atoms with Crippen LogP contribution in [0.3, 0.4) is 0 Å².